The van der Waals surface area contributed by atoms with Crippen LogP contribution >= 0.6 is 23.1 Å². The number of methoxy groups -OCH3 is 2. The van der Waals surface area contributed by atoms with Crippen LogP contribution in [0.5, 0.6) is 11.5 Å². The Labute approximate surface area is 201 Å². The van der Waals surface area contributed by atoms with E-state index in [1.54, 1.807) is 37.7 Å². The molecule has 1 aliphatic rings. The highest BCUT2D eigenvalue weighted by Gasteiger charge is 2.20. The van der Waals surface area contributed by atoms with Gasteiger partial charge in [0, 0.05) is 54.2 Å². The van der Waals surface area contributed by atoms with Crippen molar-refractivity contribution in [1.29, 1.82) is 0 Å². The molecule has 0 saturated carbocycles. The Kier molecular flexibility index (Phi) is 7.69. The van der Waals surface area contributed by atoms with Crippen molar-refractivity contribution in [3.63, 3.8) is 0 Å². The molecule has 8 nitrogen and oxygen atoms in total. The molecule has 0 unspecified atom stereocenters. The van der Waals surface area contributed by atoms with Crippen LogP contribution in [0.15, 0.2) is 47.8 Å². The summed E-state index contributed by atoms with van der Waals surface area (Å²) in [6, 6.07) is 12.6. The normalized spacial score (nSPS) is 14.1. The number of non-ortho nitro benzene ring substituents is 1. The number of hydrogen-bond donors (Lipinski definition) is 0. The fraction of sp³-hybridized carbons (Fsp3) is 0.348. The fourth-order valence-corrected chi connectivity index (χ4v) is 5.49. The molecule has 0 bridgehead atoms. The van der Waals surface area contributed by atoms with Gasteiger partial charge in [-0.3, -0.25) is 15.0 Å². The maximum atomic E-state index is 11.2. The summed E-state index contributed by atoms with van der Waals surface area (Å²) < 4.78 is 10.9. The van der Waals surface area contributed by atoms with E-state index in [0.717, 1.165) is 53.2 Å². The second-order valence-corrected chi connectivity index (χ2v) is 9.64. The van der Waals surface area contributed by atoms with Gasteiger partial charge in [0.1, 0.15) is 0 Å². The molecule has 0 radical (unpaired) electrons. The van der Waals surface area contributed by atoms with Gasteiger partial charge in [-0.2, -0.15) is 11.8 Å². The lowest BCUT2D eigenvalue weighted by molar-refractivity contribution is -0.384. The summed E-state index contributed by atoms with van der Waals surface area (Å²) in [5, 5.41) is 14.0. The molecule has 1 fully saturated rings. The van der Waals surface area contributed by atoms with Gasteiger partial charge < -0.3 is 14.4 Å². The van der Waals surface area contributed by atoms with Crippen molar-refractivity contribution in [3.8, 4) is 22.8 Å². The van der Waals surface area contributed by atoms with Gasteiger partial charge in [-0.15, -0.1) is 11.3 Å². The van der Waals surface area contributed by atoms with Gasteiger partial charge in [-0.05, 0) is 17.7 Å². The molecule has 2 aromatic carbocycles. The van der Waals surface area contributed by atoms with Crippen LogP contribution in [0, 0.1) is 10.1 Å². The standard InChI is InChI=1S/C23H26N4O4S2/c1-30-21-7-6-17(12-22(21)31-2)14-26(16-25-8-10-32-11-9-25)23-24-20(15-33-23)18-4-3-5-19(13-18)27(28)29/h3-7,12-13,15H,8-11,14,16H2,1-2H3. The van der Waals surface area contributed by atoms with Gasteiger partial charge >= 0.3 is 0 Å². The molecule has 10 heteroatoms. The van der Waals surface area contributed by atoms with E-state index in [1.807, 2.05) is 41.4 Å². The van der Waals surface area contributed by atoms with Crippen LogP contribution in [-0.4, -0.2) is 60.3 Å². The van der Waals surface area contributed by atoms with Crippen LogP contribution in [0.25, 0.3) is 11.3 Å². The van der Waals surface area contributed by atoms with Crippen LogP contribution in [0.3, 0.4) is 0 Å². The van der Waals surface area contributed by atoms with Crippen molar-refractivity contribution in [3.05, 3.63) is 63.5 Å². The zero-order chi connectivity index (χ0) is 23.2. The number of rotatable bonds is 9. The molecule has 0 atom stereocenters. The minimum Gasteiger partial charge on any atom is -0.493 e. The summed E-state index contributed by atoms with van der Waals surface area (Å²) in [7, 11) is 3.26. The smallest absolute Gasteiger partial charge is 0.270 e. The average Bonchev–Trinajstić information content (AvgIpc) is 3.34. The van der Waals surface area contributed by atoms with E-state index >= 15 is 0 Å². The first-order valence-electron chi connectivity index (χ1n) is 10.5. The molecule has 0 aliphatic carbocycles. The minimum absolute atomic E-state index is 0.0649. The van der Waals surface area contributed by atoms with Crippen molar-refractivity contribution >= 4 is 33.9 Å². The predicted octanol–water partition coefficient (Wildman–Crippen LogP) is 4.75. The van der Waals surface area contributed by atoms with Gasteiger partial charge in [0.2, 0.25) is 0 Å². The molecular weight excluding hydrogens is 460 g/mol. The van der Waals surface area contributed by atoms with E-state index < -0.39 is 0 Å². The number of aromatic nitrogens is 1. The number of nitrogens with zero attached hydrogens (tertiary/aromatic N) is 4. The van der Waals surface area contributed by atoms with Crippen LogP contribution < -0.4 is 14.4 Å². The number of anilines is 1. The van der Waals surface area contributed by atoms with E-state index in [4.69, 9.17) is 14.5 Å². The number of ether oxygens (including phenoxy) is 2. The van der Waals surface area contributed by atoms with E-state index in [9.17, 15) is 10.1 Å². The van der Waals surface area contributed by atoms with Gasteiger partial charge in [0.25, 0.3) is 5.69 Å². The van der Waals surface area contributed by atoms with Crippen molar-refractivity contribution in [2.75, 3.05) is 50.4 Å². The van der Waals surface area contributed by atoms with Crippen molar-refractivity contribution in [2.24, 2.45) is 0 Å². The average molecular weight is 487 g/mol. The molecule has 174 valence electrons. The van der Waals surface area contributed by atoms with Crippen molar-refractivity contribution in [1.82, 2.24) is 9.88 Å². The molecular formula is C23H26N4O4S2. The summed E-state index contributed by atoms with van der Waals surface area (Å²) >= 11 is 3.53. The molecule has 0 amide bonds. The van der Waals surface area contributed by atoms with Gasteiger partial charge in [-0.1, -0.05) is 18.2 Å². The number of thiazole rings is 1. The fourth-order valence-electron chi connectivity index (χ4n) is 3.68. The molecule has 33 heavy (non-hydrogen) atoms. The van der Waals surface area contributed by atoms with Crippen LogP contribution in [0.2, 0.25) is 0 Å². The highest BCUT2D eigenvalue weighted by Crippen LogP contribution is 2.32. The Balaban J connectivity index is 1.61. The molecule has 1 aromatic heterocycles. The van der Waals surface area contributed by atoms with Crippen LogP contribution in [0.1, 0.15) is 5.56 Å². The zero-order valence-corrected chi connectivity index (χ0v) is 20.2. The third-order valence-corrected chi connectivity index (χ3v) is 7.26. The first-order valence-corrected chi connectivity index (χ1v) is 12.6. The molecule has 1 aliphatic heterocycles. The molecule has 3 aromatic rings. The number of nitro groups is 1. The second kappa shape index (κ2) is 10.9. The highest BCUT2D eigenvalue weighted by atomic mass is 32.2. The van der Waals surface area contributed by atoms with Gasteiger partial charge in [0.05, 0.1) is 31.5 Å². The molecule has 0 spiro atoms. The number of benzene rings is 2. The monoisotopic (exact) mass is 486 g/mol. The lowest BCUT2D eigenvalue weighted by Gasteiger charge is -2.32. The van der Waals surface area contributed by atoms with Gasteiger partial charge in [0.15, 0.2) is 16.6 Å². The van der Waals surface area contributed by atoms with E-state index in [-0.39, 0.29) is 10.6 Å². The lowest BCUT2D eigenvalue weighted by atomic mass is 10.1. The van der Waals surface area contributed by atoms with E-state index in [1.165, 1.54) is 6.07 Å². The Morgan fingerprint density at radius 3 is 2.64 bits per heavy atom. The Morgan fingerprint density at radius 2 is 1.91 bits per heavy atom. The first kappa shape index (κ1) is 23.3. The van der Waals surface area contributed by atoms with Crippen LogP contribution in [0.4, 0.5) is 10.8 Å². The largest absolute Gasteiger partial charge is 0.493 e. The quantitative estimate of drug-likeness (QED) is 0.317. The molecule has 1 saturated heterocycles. The van der Waals surface area contributed by atoms with E-state index in [0.29, 0.717) is 18.0 Å². The summed E-state index contributed by atoms with van der Waals surface area (Å²) in [6.45, 7) is 3.50. The lowest BCUT2D eigenvalue weighted by Crippen LogP contribution is -2.42. The third-order valence-electron chi connectivity index (χ3n) is 5.41. The second-order valence-electron chi connectivity index (χ2n) is 7.58. The summed E-state index contributed by atoms with van der Waals surface area (Å²) in [5.41, 5.74) is 2.64. The van der Waals surface area contributed by atoms with Crippen molar-refractivity contribution < 1.29 is 14.4 Å². The predicted molar refractivity (Wildman–Crippen MR) is 134 cm³/mol. The maximum Gasteiger partial charge on any atom is 0.270 e. The summed E-state index contributed by atoms with van der Waals surface area (Å²) in [5.74, 6) is 3.64. The van der Waals surface area contributed by atoms with E-state index in [2.05, 4.69) is 9.80 Å². The minimum atomic E-state index is -0.380. The molecule has 4 rings (SSSR count). The summed E-state index contributed by atoms with van der Waals surface area (Å²) in [6.07, 6.45) is 0. The summed E-state index contributed by atoms with van der Waals surface area (Å²) in [4.78, 5) is 20.3. The Morgan fingerprint density at radius 1 is 1.12 bits per heavy atom. The van der Waals surface area contributed by atoms with Crippen molar-refractivity contribution in [2.45, 2.75) is 6.54 Å². The Hall–Kier alpha value is -2.82. The highest BCUT2D eigenvalue weighted by molar-refractivity contribution is 7.99. The number of thioether (sulfide) groups is 1. The molecule has 2 heterocycles. The zero-order valence-electron chi connectivity index (χ0n) is 18.6. The van der Waals surface area contributed by atoms with Crippen LogP contribution in [-0.2, 0) is 6.54 Å². The SMILES string of the molecule is COc1ccc(CN(CN2CCSCC2)c2nc(-c3cccc([N+](=O)[O-])c3)cs2)cc1OC. The third kappa shape index (κ3) is 5.76. The molecule has 0 N–H and O–H groups in total. The van der Waals surface area contributed by atoms with Gasteiger partial charge in [-0.25, -0.2) is 4.98 Å². The number of hydrogen-bond acceptors (Lipinski definition) is 9. The first-order chi connectivity index (χ1) is 16.1. The number of nitro benzene ring substituents is 1. The maximum absolute atomic E-state index is 11.2. The Bertz CT molecular complexity index is 1100. The topological polar surface area (TPSA) is 81.0 Å².